The van der Waals surface area contributed by atoms with Crippen molar-refractivity contribution in [2.24, 2.45) is 11.8 Å². The zero-order valence-electron chi connectivity index (χ0n) is 18.1. The molecule has 0 aromatic heterocycles. The topological polar surface area (TPSA) is 57.7 Å². The molecule has 2 bridgehead atoms. The number of rotatable bonds is 2. The third-order valence-corrected chi connectivity index (χ3v) is 10.6. The lowest BCUT2D eigenvalue weighted by molar-refractivity contribution is -0.146. The van der Waals surface area contributed by atoms with E-state index < -0.39 is 20.5 Å². The van der Waals surface area contributed by atoms with Crippen LogP contribution in [0.5, 0.6) is 0 Å². The van der Waals surface area contributed by atoms with E-state index in [-0.39, 0.29) is 24.3 Å². The van der Waals surface area contributed by atoms with Gasteiger partial charge in [0.1, 0.15) is 6.54 Å². The summed E-state index contributed by atoms with van der Waals surface area (Å²) in [5, 5.41) is 0. The van der Waals surface area contributed by atoms with E-state index in [9.17, 15) is 14.4 Å². The molecule has 5 aliphatic rings. The van der Waals surface area contributed by atoms with Gasteiger partial charge >= 0.3 is 0 Å². The van der Waals surface area contributed by atoms with Crippen molar-refractivity contribution in [1.29, 1.82) is 0 Å². The summed E-state index contributed by atoms with van der Waals surface area (Å²) in [6, 6.07) is 16.0. The van der Waals surface area contributed by atoms with Gasteiger partial charge in [0.15, 0.2) is 0 Å². The zero-order chi connectivity index (χ0) is 23.0. The highest BCUT2D eigenvalue weighted by Crippen LogP contribution is 2.70. The van der Waals surface area contributed by atoms with Crippen molar-refractivity contribution in [2.75, 3.05) is 19.6 Å². The van der Waals surface area contributed by atoms with E-state index in [0.29, 0.717) is 13.1 Å². The predicted molar refractivity (Wildman–Crippen MR) is 131 cm³/mol. The maximum Gasteiger partial charge on any atom is 0.242 e. The molecule has 0 radical (unpaired) electrons. The second kappa shape index (κ2) is 7.51. The standard InChI is InChI=1S/C26H24Br2N2O3/c27-25-16-9-3-4-10-17(16)26(28,19-12-6-5-11-18(19)25)22-21(25)23(32)30(24(22)33)15-20(31)29-13-7-1-2-8-14-29/h3-6,9-12,21-22H,1-2,7-8,13-15H2/t21-,22-,25?,26?/m1/s1. The van der Waals surface area contributed by atoms with Crippen LogP contribution in [-0.4, -0.2) is 47.2 Å². The predicted octanol–water partition coefficient (Wildman–Crippen LogP) is 4.29. The summed E-state index contributed by atoms with van der Waals surface area (Å²) in [5.74, 6) is -1.90. The molecule has 2 aliphatic heterocycles. The Morgan fingerprint density at radius 1 is 0.758 bits per heavy atom. The van der Waals surface area contributed by atoms with Crippen LogP contribution in [0.15, 0.2) is 48.5 Å². The van der Waals surface area contributed by atoms with E-state index in [2.05, 4.69) is 31.9 Å². The first-order valence-corrected chi connectivity index (χ1v) is 13.2. The molecule has 5 nitrogen and oxygen atoms in total. The lowest BCUT2D eigenvalue weighted by atomic mass is 9.54. The fourth-order valence-electron chi connectivity index (χ4n) is 6.44. The largest absolute Gasteiger partial charge is 0.341 e. The molecule has 0 N–H and O–H groups in total. The number of carbonyl (C=O) groups excluding carboxylic acids is 3. The normalized spacial score (nSPS) is 32.3. The van der Waals surface area contributed by atoms with Crippen molar-refractivity contribution in [3.63, 3.8) is 0 Å². The number of imide groups is 1. The van der Waals surface area contributed by atoms with Crippen molar-refractivity contribution in [3.05, 3.63) is 70.8 Å². The van der Waals surface area contributed by atoms with Gasteiger partial charge in [0.05, 0.1) is 20.5 Å². The van der Waals surface area contributed by atoms with Gasteiger partial charge in [-0.25, -0.2) is 0 Å². The first-order chi connectivity index (χ1) is 15.9. The van der Waals surface area contributed by atoms with Crippen LogP contribution in [-0.2, 0) is 23.0 Å². The van der Waals surface area contributed by atoms with Crippen LogP contribution >= 0.6 is 31.9 Å². The highest BCUT2D eigenvalue weighted by molar-refractivity contribution is 9.10. The highest BCUT2D eigenvalue weighted by Gasteiger charge is 2.72. The van der Waals surface area contributed by atoms with Gasteiger partial charge in [-0.05, 0) is 35.1 Å². The molecular weight excluding hydrogens is 548 g/mol. The average Bonchev–Trinajstić information content (AvgIpc) is 3.01. The van der Waals surface area contributed by atoms with E-state index in [1.54, 1.807) is 0 Å². The van der Waals surface area contributed by atoms with Crippen LogP contribution < -0.4 is 0 Å². The van der Waals surface area contributed by atoms with Crippen LogP contribution in [0.25, 0.3) is 0 Å². The van der Waals surface area contributed by atoms with Crippen LogP contribution in [0.1, 0.15) is 47.9 Å². The minimum Gasteiger partial charge on any atom is -0.341 e. The molecular formula is C26H24Br2N2O3. The molecule has 0 spiro atoms. The summed E-state index contributed by atoms with van der Waals surface area (Å²) in [6.07, 6.45) is 4.17. The van der Waals surface area contributed by atoms with Crippen molar-refractivity contribution in [3.8, 4) is 0 Å². The Kier molecular flexibility index (Phi) is 4.90. The van der Waals surface area contributed by atoms with Crippen LogP contribution in [0, 0.1) is 11.8 Å². The Bertz CT molecular complexity index is 1070. The number of hydrogen-bond acceptors (Lipinski definition) is 3. The number of amides is 3. The van der Waals surface area contributed by atoms with E-state index in [1.807, 2.05) is 53.4 Å². The molecule has 3 aliphatic carbocycles. The molecule has 2 aromatic carbocycles. The van der Waals surface area contributed by atoms with Crippen LogP contribution in [0.2, 0.25) is 0 Å². The van der Waals surface area contributed by atoms with E-state index in [0.717, 1.165) is 47.9 Å². The van der Waals surface area contributed by atoms with E-state index in [1.165, 1.54) is 4.90 Å². The molecule has 0 unspecified atom stereocenters. The minimum absolute atomic E-state index is 0.133. The summed E-state index contributed by atoms with van der Waals surface area (Å²) in [5.41, 5.74) is 4.01. The number of hydrogen-bond donors (Lipinski definition) is 0. The zero-order valence-corrected chi connectivity index (χ0v) is 21.3. The summed E-state index contributed by atoms with van der Waals surface area (Å²) in [4.78, 5) is 43.9. The number of likely N-dealkylation sites (tertiary alicyclic amines) is 2. The van der Waals surface area contributed by atoms with Gasteiger partial charge < -0.3 is 4.90 Å². The summed E-state index contributed by atoms with van der Waals surface area (Å²) >= 11 is 7.99. The fraction of sp³-hybridized carbons (Fsp3) is 0.423. The van der Waals surface area contributed by atoms with Gasteiger partial charge in [0.2, 0.25) is 17.7 Å². The smallest absolute Gasteiger partial charge is 0.242 e. The third kappa shape index (κ3) is 2.72. The second-order valence-electron chi connectivity index (χ2n) is 9.53. The molecule has 2 atom stereocenters. The van der Waals surface area contributed by atoms with Crippen molar-refractivity contribution < 1.29 is 14.4 Å². The molecule has 170 valence electrons. The summed E-state index contributed by atoms with van der Waals surface area (Å²) in [7, 11) is 0. The van der Waals surface area contributed by atoms with Gasteiger partial charge in [0, 0.05) is 13.1 Å². The van der Waals surface area contributed by atoms with Crippen molar-refractivity contribution in [2.45, 2.75) is 34.3 Å². The number of benzene rings is 2. The van der Waals surface area contributed by atoms with Crippen molar-refractivity contribution in [1.82, 2.24) is 9.80 Å². The number of halogens is 2. The number of carbonyl (C=O) groups is 3. The average molecular weight is 572 g/mol. The van der Waals surface area contributed by atoms with Gasteiger partial charge in [-0.3, -0.25) is 19.3 Å². The summed E-state index contributed by atoms with van der Waals surface area (Å²) < 4.78 is -1.62. The van der Waals surface area contributed by atoms with Gasteiger partial charge in [0.25, 0.3) is 0 Å². The quantitative estimate of drug-likeness (QED) is 0.399. The lowest BCUT2D eigenvalue weighted by Gasteiger charge is -2.55. The maximum atomic E-state index is 13.9. The molecule has 2 aromatic rings. The number of alkyl halides is 2. The Morgan fingerprint density at radius 2 is 1.15 bits per heavy atom. The first-order valence-electron chi connectivity index (χ1n) is 11.6. The van der Waals surface area contributed by atoms with E-state index in [4.69, 9.17) is 0 Å². The van der Waals surface area contributed by atoms with Gasteiger partial charge in [-0.2, -0.15) is 0 Å². The molecule has 2 saturated heterocycles. The van der Waals surface area contributed by atoms with Crippen LogP contribution in [0.4, 0.5) is 0 Å². The monoisotopic (exact) mass is 570 g/mol. The lowest BCUT2D eigenvalue weighted by Crippen LogP contribution is -2.56. The Morgan fingerprint density at radius 3 is 1.55 bits per heavy atom. The van der Waals surface area contributed by atoms with E-state index >= 15 is 0 Å². The third-order valence-electron chi connectivity index (χ3n) is 7.93. The second-order valence-corrected chi connectivity index (χ2v) is 12.0. The maximum absolute atomic E-state index is 13.9. The van der Waals surface area contributed by atoms with Crippen molar-refractivity contribution >= 4 is 49.6 Å². The molecule has 7 rings (SSSR count). The Labute approximate surface area is 209 Å². The molecule has 3 amide bonds. The fourth-order valence-corrected chi connectivity index (χ4v) is 8.74. The number of nitrogens with zero attached hydrogens (tertiary/aromatic N) is 2. The molecule has 7 heteroatoms. The molecule has 2 fully saturated rings. The highest BCUT2D eigenvalue weighted by atomic mass is 79.9. The van der Waals surface area contributed by atoms with Gasteiger partial charge in [-0.1, -0.05) is 93.2 Å². The van der Waals surface area contributed by atoms with Crippen LogP contribution in [0.3, 0.4) is 0 Å². The molecule has 0 saturated carbocycles. The molecule has 33 heavy (non-hydrogen) atoms. The SMILES string of the molecule is O=C(CN1C(=O)[C@H]2[C@H](C1=O)C1(Br)c3ccccc3C2(Br)c2ccccc21)N1CCCCCC1. The first kappa shape index (κ1) is 21.5. The minimum atomic E-state index is -0.812. The Hall–Kier alpha value is -1.99. The summed E-state index contributed by atoms with van der Waals surface area (Å²) in [6.45, 7) is 1.22. The molecule has 2 heterocycles. The van der Waals surface area contributed by atoms with Gasteiger partial charge in [-0.15, -0.1) is 0 Å². The Balaban J connectivity index is 1.45.